The minimum absolute atomic E-state index is 0.0947. The van der Waals surface area contributed by atoms with Crippen molar-refractivity contribution in [2.24, 2.45) is 0 Å². The molecule has 0 aromatic heterocycles. The van der Waals surface area contributed by atoms with Crippen LogP contribution < -0.4 is 25.4 Å². The first kappa shape index (κ1) is 19.6. The van der Waals surface area contributed by atoms with E-state index in [1.54, 1.807) is 31.2 Å². The van der Waals surface area contributed by atoms with Crippen LogP contribution in [0.4, 0.5) is 10.1 Å². The van der Waals surface area contributed by atoms with E-state index in [4.69, 9.17) is 21.7 Å². The Labute approximate surface area is 167 Å². The first-order valence-corrected chi connectivity index (χ1v) is 8.92. The summed E-state index contributed by atoms with van der Waals surface area (Å²) in [5.74, 6) is 0.0331. The van der Waals surface area contributed by atoms with Crippen molar-refractivity contribution in [3.8, 4) is 11.5 Å². The van der Waals surface area contributed by atoms with Crippen molar-refractivity contribution >= 4 is 28.9 Å². The number of benzene rings is 2. The fraction of sp³-hybridized carbons (Fsp3) is 0.200. The van der Waals surface area contributed by atoms with Gasteiger partial charge in [-0.15, -0.1) is 0 Å². The van der Waals surface area contributed by atoms with E-state index in [0.717, 1.165) is 0 Å². The maximum Gasteiger partial charge on any atom is 0.255 e. The highest BCUT2D eigenvalue weighted by Crippen LogP contribution is 2.39. The highest BCUT2D eigenvalue weighted by Gasteiger charge is 2.32. The molecule has 146 valence electrons. The van der Waals surface area contributed by atoms with Crippen LogP contribution in [0.1, 0.15) is 18.5 Å². The molecule has 1 aliphatic heterocycles. The van der Waals surface area contributed by atoms with Gasteiger partial charge in [0.15, 0.2) is 16.6 Å². The number of methoxy groups -OCH3 is 2. The molecule has 8 heteroatoms. The molecule has 0 bridgehead atoms. The van der Waals surface area contributed by atoms with Crippen molar-refractivity contribution in [2.75, 3.05) is 19.5 Å². The predicted molar refractivity (Wildman–Crippen MR) is 109 cm³/mol. The number of hydrogen-bond donors (Lipinski definition) is 3. The Morgan fingerprint density at radius 3 is 2.57 bits per heavy atom. The van der Waals surface area contributed by atoms with Crippen molar-refractivity contribution in [1.82, 2.24) is 10.6 Å². The van der Waals surface area contributed by atoms with Crippen molar-refractivity contribution in [2.45, 2.75) is 13.0 Å². The maximum atomic E-state index is 14.0. The number of para-hydroxylation sites is 2. The van der Waals surface area contributed by atoms with Crippen LogP contribution in [0.3, 0.4) is 0 Å². The van der Waals surface area contributed by atoms with Gasteiger partial charge in [-0.1, -0.05) is 24.3 Å². The summed E-state index contributed by atoms with van der Waals surface area (Å²) in [4.78, 5) is 13.0. The number of anilines is 1. The van der Waals surface area contributed by atoms with Crippen LogP contribution >= 0.6 is 12.2 Å². The minimum Gasteiger partial charge on any atom is -0.493 e. The van der Waals surface area contributed by atoms with Crippen molar-refractivity contribution in [1.29, 1.82) is 0 Å². The standard InChI is InChI=1S/C20H20FN3O3S/c1-11-16(19(25)23-14-9-5-4-8-13(14)21)17(24-20(28)22-11)12-7-6-10-15(26-2)18(12)27-3/h4-10,17H,1-3H3,(H,23,25)(H2,22,24,28)/t17-/m0/s1. The Morgan fingerprint density at radius 2 is 1.89 bits per heavy atom. The Kier molecular flexibility index (Phi) is 5.79. The summed E-state index contributed by atoms with van der Waals surface area (Å²) in [7, 11) is 3.06. The second-order valence-electron chi connectivity index (χ2n) is 6.09. The van der Waals surface area contributed by atoms with E-state index < -0.39 is 17.8 Å². The molecule has 0 unspecified atom stereocenters. The predicted octanol–water partition coefficient (Wildman–Crippen LogP) is 3.27. The molecule has 0 saturated heterocycles. The summed E-state index contributed by atoms with van der Waals surface area (Å²) < 4.78 is 24.9. The van der Waals surface area contributed by atoms with Gasteiger partial charge in [-0.05, 0) is 37.3 Å². The summed E-state index contributed by atoms with van der Waals surface area (Å²) in [6.45, 7) is 1.74. The Balaban J connectivity index is 2.05. The normalized spacial score (nSPS) is 16.1. The molecule has 1 amide bonds. The minimum atomic E-state index is -0.606. The third kappa shape index (κ3) is 3.77. The van der Waals surface area contributed by atoms with Crippen LogP contribution in [-0.2, 0) is 4.79 Å². The van der Waals surface area contributed by atoms with Crippen LogP contribution in [0.25, 0.3) is 0 Å². The average molecular weight is 401 g/mol. The van der Waals surface area contributed by atoms with E-state index >= 15 is 0 Å². The average Bonchev–Trinajstić information content (AvgIpc) is 2.68. The molecule has 0 aliphatic carbocycles. The van der Waals surface area contributed by atoms with Crippen LogP contribution in [-0.4, -0.2) is 25.2 Å². The number of thiocarbonyl (C=S) groups is 1. The Bertz CT molecular complexity index is 961. The molecule has 3 N–H and O–H groups in total. The first-order valence-electron chi connectivity index (χ1n) is 8.51. The summed E-state index contributed by atoms with van der Waals surface area (Å²) >= 11 is 5.27. The van der Waals surface area contributed by atoms with Gasteiger partial charge in [0, 0.05) is 11.3 Å². The van der Waals surface area contributed by atoms with Gasteiger partial charge in [-0.2, -0.15) is 0 Å². The molecular weight excluding hydrogens is 381 g/mol. The second-order valence-corrected chi connectivity index (χ2v) is 6.50. The number of nitrogens with one attached hydrogen (secondary N) is 3. The van der Waals surface area contributed by atoms with Crippen molar-refractivity contribution < 1.29 is 18.7 Å². The molecule has 1 aliphatic rings. The van der Waals surface area contributed by atoms with Crippen LogP contribution in [0, 0.1) is 5.82 Å². The molecule has 2 aromatic carbocycles. The monoisotopic (exact) mass is 401 g/mol. The summed E-state index contributed by atoms with van der Waals surface area (Å²) in [6.07, 6.45) is 0. The van der Waals surface area contributed by atoms with E-state index in [9.17, 15) is 9.18 Å². The third-order valence-corrected chi connectivity index (χ3v) is 4.60. The smallest absolute Gasteiger partial charge is 0.255 e. The second kappa shape index (κ2) is 8.26. The number of amides is 1. The van der Waals surface area contributed by atoms with Gasteiger partial charge in [0.2, 0.25) is 0 Å². The van der Waals surface area contributed by atoms with E-state index in [1.807, 2.05) is 6.07 Å². The van der Waals surface area contributed by atoms with Gasteiger partial charge < -0.3 is 25.4 Å². The highest BCUT2D eigenvalue weighted by molar-refractivity contribution is 7.80. The summed E-state index contributed by atoms with van der Waals surface area (Å²) in [5, 5.41) is 9.04. The van der Waals surface area contributed by atoms with Gasteiger partial charge in [0.1, 0.15) is 5.82 Å². The van der Waals surface area contributed by atoms with Crippen LogP contribution in [0.5, 0.6) is 11.5 Å². The molecule has 3 rings (SSSR count). The van der Waals surface area contributed by atoms with E-state index in [2.05, 4.69) is 16.0 Å². The van der Waals surface area contributed by atoms with Gasteiger partial charge in [0.25, 0.3) is 5.91 Å². The molecule has 0 fully saturated rings. The number of halogens is 1. The number of carbonyl (C=O) groups excluding carboxylic acids is 1. The topological polar surface area (TPSA) is 71.6 Å². The van der Waals surface area contributed by atoms with Gasteiger partial charge in [0.05, 0.1) is 31.5 Å². The fourth-order valence-corrected chi connectivity index (χ4v) is 3.39. The lowest BCUT2D eigenvalue weighted by atomic mass is 9.93. The van der Waals surface area contributed by atoms with Crippen LogP contribution in [0.15, 0.2) is 53.7 Å². The fourth-order valence-electron chi connectivity index (χ4n) is 3.12. The number of allylic oxidation sites excluding steroid dienone is 1. The summed E-state index contributed by atoms with van der Waals surface area (Å²) in [6, 6.07) is 10.8. The highest BCUT2D eigenvalue weighted by atomic mass is 32.1. The number of ether oxygens (including phenoxy) is 2. The Morgan fingerprint density at radius 1 is 1.14 bits per heavy atom. The number of carbonyl (C=O) groups is 1. The molecule has 28 heavy (non-hydrogen) atoms. The maximum absolute atomic E-state index is 14.0. The van der Waals surface area contributed by atoms with Gasteiger partial charge in [-0.3, -0.25) is 4.79 Å². The Hall–Kier alpha value is -3.13. The van der Waals surface area contributed by atoms with E-state index in [1.165, 1.54) is 26.4 Å². The molecule has 1 atom stereocenters. The van der Waals surface area contributed by atoms with E-state index in [-0.39, 0.29) is 5.69 Å². The lowest BCUT2D eigenvalue weighted by molar-refractivity contribution is -0.113. The van der Waals surface area contributed by atoms with E-state index in [0.29, 0.717) is 33.4 Å². The zero-order valence-corrected chi connectivity index (χ0v) is 16.4. The lowest BCUT2D eigenvalue weighted by Crippen LogP contribution is -2.45. The quantitative estimate of drug-likeness (QED) is 0.668. The lowest BCUT2D eigenvalue weighted by Gasteiger charge is -2.31. The third-order valence-electron chi connectivity index (χ3n) is 4.38. The summed E-state index contributed by atoms with van der Waals surface area (Å²) in [5.41, 5.74) is 1.69. The van der Waals surface area contributed by atoms with Crippen molar-refractivity contribution in [3.63, 3.8) is 0 Å². The van der Waals surface area contributed by atoms with Gasteiger partial charge in [-0.25, -0.2) is 4.39 Å². The molecule has 2 aromatic rings. The molecule has 0 radical (unpaired) electrons. The molecule has 1 heterocycles. The molecule has 0 saturated carbocycles. The number of rotatable bonds is 5. The molecule has 0 spiro atoms. The van der Waals surface area contributed by atoms with Gasteiger partial charge >= 0.3 is 0 Å². The number of hydrogen-bond acceptors (Lipinski definition) is 4. The zero-order chi connectivity index (χ0) is 20.3. The van der Waals surface area contributed by atoms with Crippen LogP contribution in [0.2, 0.25) is 0 Å². The van der Waals surface area contributed by atoms with Crippen molar-refractivity contribution in [3.05, 3.63) is 65.1 Å². The largest absolute Gasteiger partial charge is 0.493 e. The zero-order valence-electron chi connectivity index (χ0n) is 15.6. The molecular formula is C20H20FN3O3S. The first-order chi connectivity index (χ1) is 13.5. The molecule has 6 nitrogen and oxygen atoms in total. The SMILES string of the molecule is COc1cccc([C@@H]2NC(=S)NC(C)=C2C(=O)Nc2ccccc2F)c1OC.